The van der Waals surface area contributed by atoms with Crippen LogP contribution in [0, 0.1) is 0 Å². The summed E-state index contributed by atoms with van der Waals surface area (Å²) in [6, 6.07) is 9.99. The average Bonchev–Trinajstić information content (AvgIpc) is 3.13. The quantitative estimate of drug-likeness (QED) is 0.761. The second-order valence-corrected chi connectivity index (χ2v) is 5.50. The minimum Gasteiger partial charge on any atom is -0.389 e. The molecular formula is C17H16N4O. The fraction of sp³-hybridized carbons (Fsp3) is 0.176. The van der Waals surface area contributed by atoms with Crippen LogP contribution in [0.3, 0.4) is 0 Å². The van der Waals surface area contributed by atoms with E-state index in [1.807, 2.05) is 47.2 Å². The van der Waals surface area contributed by atoms with Gasteiger partial charge in [-0.05, 0) is 30.5 Å². The molecule has 3 aromatic rings. The summed E-state index contributed by atoms with van der Waals surface area (Å²) in [6.45, 7) is 0. The van der Waals surface area contributed by atoms with E-state index in [-0.39, 0.29) is 6.10 Å². The Morgan fingerprint density at radius 3 is 2.73 bits per heavy atom. The zero-order chi connectivity index (χ0) is 15.1. The summed E-state index contributed by atoms with van der Waals surface area (Å²) >= 11 is 0. The van der Waals surface area contributed by atoms with Crippen LogP contribution in [-0.2, 0) is 0 Å². The van der Waals surface area contributed by atoms with Crippen molar-refractivity contribution in [2.75, 3.05) is 5.73 Å². The van der Waals surface area contributed by atoms with Crippen molar-refractivity contribution in [2.45, 2.75) is 18.9 Å². The van der Waals surface area contributed by atoms with Gasteiger partial charge in [0.15, 0.2) is 5.82 Å². The van der Waals surface area contributed by atoms with Gasteiger partial charge in [-0.25, -0.2) is 9.97 Å². The predicted octanol–water partition coefficient (Wildman–Crippen LogP) is 2.54. The van der Waals surface area contributed by atoms with Crippen molar-refractivity contribution >= 4 is 22.4 Å². The maximum Gasteiger partial charge on any atom is 0.151 e. The highest BCUT2D eigenvalue weighted by atomic mass is 16.3. The molecule has 5 nitrogen and oxygen atoms in total. The second kappa shape index (κ2) is 4.96. The summed E-state index contributed by atoms with van der Waals surface area (Å²) in [7, 11) is 0. The van der Waals surface area contributed by atoms with Crippen LogP contribution in [-0.4, -0.2) is 25.7 Å². The Morgan fingerprint density at radius 1 is 1.18 bits per heavy atom. The zero-order valence-electron chi connectivity index (χ0n) is 12.0. The first-order chi connectivity index (χ1) is 10.7. The highest BCUT2D eigenvalue weighted by molar-refractivity contribution is 5.96. The molecule has 5 heteroatoms. The molecule has 1 aliphatic rings. The van der Waals surface area contributed by atoms with Crippen molar-refractivity contribution in [2.24, 2.45) is 0 Å². The lowest BCUT2D eigenvalue weighted by molar-refractivity contribution is 0.223. The number of nitrogens with two attached hydrogens (primary N) is 1. The summed E-state index contributed by atoms with van der Waals surface area (Å²) < 4.78 is 2.02. The molecule has 110 valence electrons. The van der Waals surface area contributed by atoms with Gasteiger partial charge in [0, 0.05) is 17.4 Å². The lowest BCUT2D eigenvalue weighted by Gasteiger charge is -2.05. The minimum atomic E-state index is -0.371. The molecule has 1 atom stereocenters. The number of aromatic nitrogens is 3. The smallest absolute Gasteiger partial charge is 0.151 e. The molecule has 0 saturated heterocycles. The Bertz CT molecular complexity index is 867. The Labute approximate surface area is 127 Å². The topological polar surface area (TPSA) is 77.0 Å². The van der Waals surface area contributed by atoms with E-state index in [0.29, 0.717) is 5.82 Å². The predicted molar refractivity (Wildman–Crippen MR) is 86.5 cm³/mol. The van der Waals surface area contributed by atoms with Crippen molar-refractivity contribution in [3.63, 3.8) is 0 Å². The normalized spacial score (nSPS) is 17.9. The first kappa shape index (κ1) is 13.0. The number of fused-ring (bicyclic) bond motifs is 1. The second-order valence-electron chi connectivity index (χ2n) is 5.50. The number of allylic oxidation sites excluding steroid dienone is 1. The Hall–Kier alpha value is -2.66. The van der Waals surface area contributed by atoms with Gasteiger partial charge < -0.3 is 15.4 Å². The third kappa shape index (κ3) is 1.98. The van der Waals surface area contributed by atoms with Crippen LogP contribution in [0.5, 0.6) is 0 Å². The van der Waals surface area contributed by atoms with E-state index in [4.69, 9.17) is 5.73 Å². The maximum absolute atomic E-state index is 9.77. The molecule has 0 amide bonds. The molecule has 0 radical (unpaired) electrons. The minimum absolute atomic E-state index is 0.371. The lowest BCUT2D eigenvalue weighted by atomic mass is 10.1. The van der Waals surface area contributed by atoms with Crippen molar-refractivity contribution in [1.29, 1.82) is 0 Å². The standard InChI is InChI=1S/C17H16N4O/c18-17-16-15(19-10-20-17)14(11-6-7-13(22)8-11)9-21(16)12-4-2-1-3-5-12/h1-5,8-10,13,22H,6-7H2,(H2,18,19,20). The van der Waals surface area contributed by atoms with Gasteiger partial charge >= 0.3 is 0 Å². The molecular weight excluding hydrogens is 276 g/mol. The average molecular weight is 292 g/mol. The molecule has 0 saturated carbocycles. The molecule has 0 spiro atoms. The van der Waals surface area contributed by atoms with Crippen molar-refractivity contribution in [3.05, 3.63) is 54.5 Å². The van der Waals surface area contributed by atoms with Gasteiger partial charge in [0.05, 0.1) is 6.10 Å². The van der Waals surface area contributed by atoms with Gasteiger partial charge in [-0.2, -0.15) is 0 Å². The number of para-hydroxylation sites is 1. The van der Waals surface area contributed by atoms with Crippen molar-refractivity contribution in [1.82, 2.24) is 14.5 Å². The summed E-state index contributed by atoms with van der Waals surface area (Å²) in [4.78, 5) is 8.55. The van der Waals surface area contributed by atoms with Crippen molar-refractivity contribution in [3.8, 4) is 5.69 Å². The number of hydrogen-bond acceptors (Lipinski definition) is 4. The molecule has 2 heterocycles. The zero-order valence-corrected chi connectivity index (χ0v) is 12.0. The largest absolute Gasteiger partial charge is 0.389 e. The maximum atomic E-state index is 9.77. The van der Waals surface area contributed by atoms with E-state index in [2.05, 4.69) is 9.97 Å². The summed E-state index contributed by atoms with van der Waals surface area (Å²) in [5.74, 6) is 0.458. The fourth-order valence-corrected chi connectivity index (χ4v) is 3.04. The van der Waals surface area contributed by atoms with Crippen LogP contribution in [0.4, 0.5) is 5.82 Å². The van der Waals surface area contributed by atoms with Gasteiger partial charge in [-0.15, -0.1) is 0 Å². The molecule has 22 heavy (non-hydrogen) atoms. The lowest BCUT2D eigenvalue weighted by Crippen LogP contribution is -1.98. The molecule has 4 rings (SSSR count). The van der Waals surface area contributed by atoms with Crippen LogP contribution in [0.1, 0.15) is 18.4 Å². The van der Waals surface area contributed by atoms with Gasteiger partial charge in [-0.3, -0.25) is 0 Å². The molecule has 0 bridgehead atoms. The number of hydrogen-bond donors (Lipinski definition) is 2. The van der Waals surface area contributed by atoms with E-state index in [9.17, 15) is 5.11 Å². The van der Waals surface area contributed by atoms with E-state index in [1.54, 1.807) is 0 Å². The number of nitrogen functional groups attached to an aromatic ring is 1. The Morgan fingerprint density at radius 2 is 2.00 bits per heavy atom. The number of benzene rings is 1. The van der Waals surface area contributed by atoms with Crippen LogP contribution < -0.4 is 5.73 Å². The number of rotatable bonds is 2. The number of aliphatic hydroxyl groups excluding tert-OH is 1. The monoisotopic (exact) mass is 292 g/mol. The molecule has 0 fully saturated rings. The number of anilines is 1. The fourth-order valence-electron chi connectivity index (χ4n) is 3.04. The van der Waals surface area contributed by atoms with Gasteiger partial charge in [-0.1, -0.05) is 24.3 Å². The first-order valence-corrected chi connectivity index (χ1v) is 7.30. The highest BCUT2D eigenvalue weighted by Gasteiger charge is 2.21. The molecule has 1 aliphatic carbocycles. The highest BCUT2D eigenvalue weighted by Crippen LogP contribution is 2.35. The first-order valence-electron chi connectivity index (χ1n) is 7.30. The third-order valence-electron chi connectivity index (χ3n) is 4.09. The van der Waals surface area contributed by atoms with Crippen LogP contribution in [0.15, 0.2) is 48.9 Å². The summed E-state index contributed by atoms with van der Waals surface area (Å²) in [6.07, 6.45) is 6.66. The van der Waals surface area contributed by atoms with E-state index in [0.717, 1.165) is 40.7 Å². The molecule has 3 N–H and O–H groups in total. The molecule has 1 aromatic carbocycles. The summed E-state index contributed by atoms with van der Waals surface area (Å²) in [5, 5.41) is 9.77. The summed E-state index contributed by atoms with van der Waals surface area (Å²) in [5.41, 5.74) is 10.9. The van der Waals surface area contributed by atoms with Crippen LogP contribution in [0.25, 0.3) is 22.3 Å². The van der Waals surface area contributed by atoms with Crippen LogP contribution >= 0.6 is 0 Å². The van der Waals surface area contributed by atoms with E-state index >= 15 is 0 Å². The van der Waals surface area contributed by atoms with E-state index in [1.165, 1.54) is 6.33 Å². The Balaban J connectivity index is 2.00. The Kier molecular flexibility index (Phi) is 2.94. The van der Waals surface area contributed by atoms with Crippen LogP contribution in [0.2, 0.25) is 0 Å². The third-order valence-corrected chi connectivity index (χ3v) is 4.09. The van der Waals surface area contributed by atoms with Gasteiger partial charge in [0.25, 0.3) is 0 Å². The van der Waals surface area contributed by atoms with Gasteiger partial charge in [0.2, 0.25) is 0 Å². The molecule has 2 aromatic heterocycles. The van der Waals surface area contributed by atoms with Crippen molar-refractivity contribution < 1.29 is 5.11 Å². The SMILES string of the molecule is Nc1ncnc2c(C3=CC(O)CC3)cn(-c3ccccc3)c12. The molecule has 0 aliphatic heterocycles. The molecule has 1 unspecified atom stereocenters. The van der Waals surface area contributed by atoms with E-state index < -0.39 is 0 Å². The van der Waals surface area contributed by atoms with Gasteiger partial charge in [0.1, 0.15) is 17.4 Å². The number of nitrogens with zero attached hydrogens (tertiary/aromatic N) is 3. The number of aliphatic hydroxyl groups is 1.